The molecule has 2 nitrogen and oxygen atoms in total. The lowest BCUT2D eigenvalue weighted by atomic mass is 9.83. The summed E-state index contributed by atoms with van der Waals surface area (Å²) in [7, 11) is 0. The van der Waals surface area contributed by atoms with E-state index in [0.29, 0.717) is 0 Å². The Labute approximate surface area is 107 Å². The summed E-state index contributed by atoms with van der Waals surface area (Å²) >= 11 is 0. The van der Waals surface area contributed by atoms with Gasteiger partial charge >= 0.3 is 0 Å². The van der Waals surface area contributed by atoms with E-state index in [1.54, 1.807) is 0 Å². The van der Waals surface area contributed by atoms with Crippen LogP contribution in [0, 0.1) is 5.92 Å². The average molecular weight is 238 g/mol. The summed E-state index contributed by atoms with van der Waals surface area (Å²) in [5.41, 5.74) is 0. The minimum Gasteiger partial charge on any atom is -0.313 e. The van der Waals surface area contributed by atoms with E-state index in [4.69, 9.17) is 0 Å². The van der Waals surface area contributed by atoms with E-state index < -0.39 is 0 Å². The van der Waals surface area contributed by atoms with Gasteiger partial charge in [0.2, 0.25) is 0 Å². The van der Waals surface area contributed by atoms with Gasteiger partial charge in [-0.3, -0.25) is 4.90 Å². The third-order valence-corrected chi connectivity index (χ3v) is 4.59. The maximum Gasteiger partial charge on any atom is 0.0223 e. The minimum absolute atomic E-state index is 0.751. The molecule has 0 aliphatic heterocycles. The van der Waals surface area contributed by atoms with Crippen molar-refractivity contribution in [3.63, 3.8) is 0 Å². The molecule has 100 valence electrons. The van der Waals surface area contributed by atoms with Gasteiger partial charge in [0.1, 0.15) is 0 Å². The van der Waals surface area contributed by atoms with E-state index in [1.807, 2.05) is 0 Å². The molecule has 2 fully saturated rings. The van der Waals surface area contributed by atoms with Gasteiger partial charge in [0.25, 0.3) is 0 Å². The fourth-order valence-corrected chi connectivity index (χ4v) is 3.41. The molecule has 0 spiro atoms. The first-order valence-electron chi connectivity index (χ1n) is 7.82. The Morgan fingerprint density at radius 2 is 1.76 bits per heavy atom. The van der Waals surface area contributed by atoms with Gasteiger partial charge in [-0.2, -0.15) is 0 Å². The maximum absolute atomic E-state index is 3.76. The lowest BCUT2D eigenvalue weighted by molar-refractivity contribution is 0.184. The Morgan fingerprint density at radius 1 is 1.06 bits per heavy atom. The monoisotopic (exact) mass is 238 g/mol. The Kier molecular flexibility index (Phi) is 5.30. The zero-order valence-electron chi connectivity index (χ0n) is 11.8. The average Bonchev–Trinajstić information content (AvgIpc) is 3.20. The molecule has 2 heteroatoms. The molecule has 0 radical (unpaired) electrons. The zero-order valence-corrected chi connectivity index (χ0v) is 11.8. The van der Waals surface area contributed by atoms with Gasteiger partial charge in [0, 0.05) is 18.6 Å². The van der Waals surface area contributed by atoms with Gasteiger partial charge in [-0.25, -0.2) is 0 Å². The van der Waals surface area contributed by atoms with Crippen LogP contribution in [0.4, 0.5) is 0 Å². The van der Waals surface area contributed by atoms with Crippen molar-refractivity contribution in [3.8, 4) is 0 Å². The lowest BCUT2D eigenvalue weighted by Gasteiger charge is -2.34. The summed E-state index contributed by atoms with van der Waals surface area (Å²) in [6, 6.07) is 1.67. The molecule has 0 aromatic heterocycles. The predicted molar refractivity (Wildman–Crippen MR) is 74.3 cm³/mol. The summed E-state index contributed by atoms with van der Waals surface area (Å²) in [5.74, 6) is 0.941. The highest BCUT2D eigenvalue weighted by atomic mass is 15.2. The highest BCUT2D eigenvalue weighted by molar-refractivity contribution is 4.89. The fraction of sp³-hybridized carbons (Fsp3) is 1.00. The van der Waals surface area contributed by atoms with Crippen molar-refractivity contribution in [1.29, 1.82) is 0 Å². The zero-order chi connectivity index (χ0) is 12.1. The number of nitrogens with one attached hydrogen (secondary N) is 1. The first-order valence-corrected chi connectivity index (χ1v) is 7.82. The number of nitrogens with zero attached hydrogens (tertiary/aromatic N) is 1. The van der Waals surface area contributed by atoms with Gasteiger partial charge in [-0.05, 0) is 44.7 Å². The molecule has 1 N–H and O–H groups in total. The van der Waals surface area contributed by atoms with E-state index in [-0.39, 0.29) is 0 Å². The van der Waals surface area contributed by atoms with Crippen LogP contribution in [0.1, 0.15) is 58.8 Å². The van der Waals surface area contributed by atoms with Crippen molar-refractivity contribution in [2.75, 3.05) is 19.6 Å². The van der Waals surface area contributed by atoms with Crippen LogP contribution in [0.2, 0.25) is 0 Å². The molecule has 1 unspecified atom stereocenters. The van der Waals surface area contributed by atoms with Crippen molar-refractivity contribution in [2.45, 2.75) is 70.9 Å². The van der Waals surface area contributed by atoms with Gasteiger partial charge in [-0.15, -0.1) is 0 Å². The molecular formula is C15H30N2. The van der Waals surface area contributed by atoms with Crippen LogP contribution in [-0.2, 0) is 0 Å². The van der Waals surface area contributed by atoms with Crippen LogP contribution in [0.15, 0.2) is 0 Å². The molecule has 0 saturated heterocycles. The van der Waals surface area contributed by atoms with Crippen LogP contribution in [0.5, 0.6) is 0 Å². The van der Waals surface area contributed by atoms with E-state index in [0.717, 1.165) is 24.5 Å². The summed E-state index contributed by atoms with van der Waals surface area (Å²) in [4.78, 5) is 2.71. The Morgan fingerprint density at radius 3 is 2.29 bits per heavy atom. The number of hydrogen-bond donors (Lipinski definition) is 1. The Hall–Kier alpha value is -0.0800. The van der Waals surface area contributed by atoms with Crippen molar-refractivity contribution in [1.82, 2.24) is 10.2 Å². The molecule has 0 heterocycles. The van der Waals surface area contributed by atoms with E-state index in [1.165, 1.54) is 58.0 Å². The normalized spacial score (nSPS) is 24.2. The molecule has 1 atom stereocenters. The molecule has 2 saturated carbocycles. The fourth-order valence-electron chi connectivity index (χ4n) is 3.41. The second-order valence-corrected chi connectivity index (χ2v) is 5.88. The molecule has 2 rings (SSSR count). The highest BCUT2D eigenvalue weighted by Gasteiger charge is 2.31. The summed E-state index contributed by atoms with van der Waals surface area (Å²) in [6.45, 7) is 8.23. The van der Waals surface area contributed by atoms with Gasteiger partial charge in [0.15, 0.2) is 0 Å². The van der Waals surface area contributed by atoms with Gasteiger partial charge in [0.05, 0.1) is 0 Å². The minimum atomic E-state index is 0.751. The van der Waals surface area contributed by atoms with E-state index in [2.05, 4.69) is 24.1 Å². The van der Waals surface area contributed by atoms with Crippen molar-refractivity contribution in [3.05, 3.63) is 0 Å². The predicted octanol–water partition coefficient (Wildman–Crippen LogP) is 3.03. The summed E-state index contributed by atoms with van der Waals surface area (Å²) in [5, 5.41) is 3.76. The lowest BCUT2D eigenvalue weighted by Crippen LogP contribution is -2.46. The number of hydrogen-bond acceptors (Lipinski definition) is 2. The standard InChI is InChI=1S/C15H30N2/c1-3-16-15(13-8-6-5-7-9-13)12-17(4-2)14-10-11-14/h13-16H,3-12H2,1-2H3. The van der Waals surface area contributed by atoms with Crippen LogP contribution in [0.25, 0.3) is 0 Å². The molecule has 2 aliphatic rings. The van der Waals surface area contributed by atoms with Crippen molar-refractivity contribution in [2.24, 2.45) is 5.92 Å². The molecule has 17 heavy (non-hydrogen) atoms. The highest BCUT2D eigenvalue weighted by Crippen LogP contribution is 2.30. The molecule has 2 aliphatic carbocycles. The molecular weight excluding hydrogens is 208 g/mol. The van der Waals surface area contributed by atoms with E-state index >= 15 is 0 Å². The van der Waals surface area contributed by atoms with Gasteiger partial charge in [-0.1, -0.05) is 33.1 Å². The third-order valence-electron chi connectivity index (χ3n) is 4.59. The molecule has 0 amide bonds. The number of rotatable bonds is 7. The third kappa shape index (κ3) is 3.96. The molecule has 0 aromatic carbocycles. The molecule has 0 aromatic rings. The van der Waals surface area contributed by atoms with E-state index in [9.17, 15) is 0 Å². The van der Waals surface area contributed by atoms with Crippen LogP contribution in [0.3, 0.4) is 0 Å². The van der Waals surface area contributed by atoms with Gasteiger partial charge < -0.3 is 5.32 Å². The summed E-state index contributed by atoms with van der Waals surface area (Å²) < 4.78 is 0. The van der Waals surface area contributed by atoms with Crippen LogP contribution < -0.4 is 5.32 Å². The smallest absolute Gasteiger partial charge is 0.0223 e. The van der Waals surface area contributed by atoms with Crippen LogP contribution in [-0.4, -0.2) is 36.6 Å². The number of likely N-dealkylation sites (N-methyl/N-ethyl adjacent to an activating group) is 2. The maximum atomic E-state index is 3.76. The Bertz CT molecular complexity index is 207. The molecule has 0 bridgehead atoms. The first kappa shape index (κ1) is 13.4. The first-order chi connectivity index (χ1) is 8.35. The second kappa shape index (κ2) is 6.75. The van der Waals surface area contributed by atoms with Crippen molar-refractivity contribution >= 4 is 0 Å². The van der Waals surface area contributed by atoms with Crippen LogP contribution >= 0.6 is 0 Å². The second-order valence-electron chi connectivity index (χ2n) is 5.88. The largest absolute Gasteiger partial charge is 0.313 e. The Balaban J connectivity index is 1.85. The summed E-state index contributed by atoms with van der Waals surface area (Å²) in [6.07, 6.45) is 10.2. The van der Waals surface area contributed by atoms with Crippen molar-refractivity contribution < 1.29 is 0 Å². The SMILES string of the molecule is CCNC(CN(CC)C1CC1)C1CCCCC1. The topological polar surface area (TPSA) is 15.3 Å². The quantitative estimate of drug-likeness (QED) is 0.733.